The lowest BCUT2D eigenvalue weighted by molar-refractivity contribution is -0.138. The quantitative estimate of drug-likeness (QED) is 0.829. The maximum absolute atomic E-state index is 13.2. The minimum atomic E-state index is -4.66. The highest BCUT2D eigenvalue weighted by Crippen LogP contribution is 2.36. The molecule has 2 rings (SSSR count). The van der Waals surface area contributed by atoms with Crippen molar-refractivity contribution in [3.8, 4) is 0 Å². The first-order chi connectivity index (χ1) is 9.29. The fraction of sp³-hybridized carbons (Fsp3) is 0.143. The van der Waals surface area contributed by atoms with E-state index in [2.05, 4.69) is 0 Å². The first-order valence-corrected chi connectivity index (χ1v) is 5.66. The zero-order valence-electron chi connectivity index (χ0n) is 10.1. The van der Waals surface area contributed by atoms with Crippen molar-refractivity contribution in [1.82, 2.24) is 0 Å². The van der Waals surface area contributed by atoms with Gasteiger partial charge in [0.25, 0.3) is 0 Å². The Labute approximate surface area is 111 Å². The second-order valence-corrected chi connectivity index (χ2v) is 4.26. The summed E-state index contributed by atoms with van der Waals surface area (Å²) < 4.78 is 64.9. The topological polar surface area (TPSA) is 26.0 Å². The van der Waals surface area contributed by atoms with Crippen molar-refractivity contribution in [3.05, 3.63) is 70.8 Å². The molecule has 0 aromatic heterocycles. The van der Waals surface area contributed by atoms with Crippen LogP contribution in [0.25, 0.3) is 0 Å². The van der Waals surface area contributed by atoms with Crippen molar-refractivity contribution in [2.45, 2.75) is 12.2 Å². The average Bonchev–Trinajstić information content (AvgIpc) is 2.36. The molecule has 2 aromatic rings. The average molecular weight is 287 g/mol. The van der Waals surface area contributed by atoms with Gasteiger partial charge in [-0.1, -0.05) is 12.1 Å². The molecule has 0 fully saturated rings. The van der Waals surface area contributed by atoms with Crippen LogP contribution in [0, 0.1) is 11.6 Å². The normalized spacial score (nSPS) is 13.3. The highest BCUT2D eigenvalue weighted by atomic mass is 19.4. The lowest BCUT2D eigenvalue weighted by Gasteiger charge is -2.18. The molecule has 0 spiro atoms. The van der Waals surface area contributed by atoms with Gasteiger partial charge in [0.05, 0.1) is 11.6 Å². The van der Waals surface area contributed by atoms with Gasteiger partial charge in [0, 0.05) is 0 Å². The standard InChI is InChI=1S/C14H10F5N/c15-9-3-1-2-8(6-9)13(20)11-7-10(16)4-5-12(11)14(17,18)19/h1-7,13H,20H2. The molecule has 0 radical (unpaired) electrons. The zero-order chi connectivity index (χ0) is 14.9. The number of hydrogen-bond acceptors (Lipinski definition) is 1. The van der Waals surface area contributed by atoms with Crippen LogP contribution < -0.4 is 5.73 Å². The van der Waals surface area contributed by atoms with Gasteiger partial charge >= 0.3 is 6.18 Å². The molecule has 0 bridgehead atoms. The molecule has 0 aliphatic rings. The van der Waals surface area contributed by atoms with Gasteiger partial charge in [0.2, 0.25) is 0 Å². The summed E-state index contributed by atoms with van der Waals surface area (Å²) in [6.07, 6.45) is -4.66. The van der Waals surface area contributed by atoms with Gasteiger partial charge < -0.3 is 5.73 Å². The third-order valence-electron chi connectivity index (χ3n) is 2.86. The van der Waals surface area contributed by atoms with Gasteiger partial charge in [0.15, 0.2) is 0 Å². The van der Waals surface area contributed by atoms with Crippen LogP contribution >= 0.6 is 0 Å². The van der Waals surface area contributed by atoms with Crippen molar-refractivity contribution in [1.29, 1.82) is 0 Å². The third-order valence-corrected chi connectivity index (χ3v) is 2.86. The highest BCUT2D eigenvalue weighted by Gasteiger charge is 2.35. The van der Waals surface area contributed by atoms with E-state index >= 15 is 0 Å². The Hall–Kier alpha value is -1.95. The van der Waals surface area contributed by atoms with Gasteiger partial charge in [-0.2, -0.15) is 13.2 Å². The van der Waals surface area contributed by atoms with E-state index in [-0.39, 0.29) is 5.56 Å². The number of rotatable bonds is 2. The Bertz CT molecular complexity index is 621. The van der Waals surface area contributed by atoms with Crippen molar-refractivity contribution < 1.29 is 22.0 Å². The molecule has 20 heavy (non-hydrogen) atoms. The molecular weight excluding hydrogens is 277 g/mol. The lowest BCUT2D eigenvalue weighted by Crippen LogP contribution is -2.19. The largest absolute Gasteiger partial charge is 0.416 e. The van der Waals surface area contributed by atoms with E-state index in [4.69, 9.17) is 5.73 Å². The molecular formula is C14H10F5N. The Morgan fingerprint density at radius 3 is 2.15 bits per heavy atom. The summed E-state index contributed by atoms with van der Waals surface area (Å²) in [5, 5.41) is 0. The minimum absolute atomic E-state index is 0.140. The van der Waals surface area contributed by atoms with Gasteiger partial charge in [-0.15, -0.1) is 0 Å². The van der Waals surface area contributed by atoms with E-state index in [0.29, 0.717) is 12.1 Å². The van der Waals surface area contributed by atoms with Crippen molar-refractivity contribution in [2.24, 2.45) is 5.73 Å². The molecule has 0 saturated heterocycles. The van der Waals surface area contributed by atoms with Gasteiger partial charge in [-0.25, -0.2) is 8.78 Å². The summed E-state index contributed by atoms with van der Waals surface area (Å²) in [5.41, 5.74) is 4.40. The van der Waals surface area contributed by atoms with E-state index in [1.807, 2.05) is 0 Å². The molecule has 0 amide bonds. The summed E-state index contributed by atoms with van der Waals surface area (Å²) in [6, 6.07) is 5.68. The Kier molecular flexibility index (Phi) is 3.76. The smallest absolute Gasteiger partial charge is 0.320 e. The summed E-state index contributed by atoms with van der Waals surface area (Å²) >= 11 is 0. The fourth-order valence-electron chi connectivity index (χ4n) is 1.93. The maximum Gasteiger partial charge on any atom is 0.416 e. The van der Waals surface area contributed by atoms with Crippen LogP contribution in [0.1, 0.15) is 22.7 Å². The predicted molar refractivity (Wildman–Crippen MR) is 63.8 cm³/mol. The minimum Gasteiger partial charge on any atom is -0.320 e. The van der Waals surface area contributed by atoms with Crippen molar-refractivity contribution in [2.75, 3.05) is 0 Å². The molecule has 2 N–H and O–H groups in total. The summed E-state index contributed by atoms with van der Waals surface area (Å²) in [7, 11) is 0. The maximum atomic E-state index is 13.2. The van der Waals surface area contributed by atoms with Crippen LogP contribution in [-0.4, -0.2) is 0 Å². The zero-order valence-corrected chi connectivity index (χ0v) is 10.1. The first-order valence-electron chi connectivity index (χ1n) is 5.66. The monoisotopic (exact) mass is 287 g/mol. The Balaban J connectivity index is 2.54. The molecule has 1 nitrogen and oxygen atoms in total. The van der Waals surface area contributed by atoms with E-state index in [9.17, 15) is 22.0 Å². The van der Waals surface area contributed by atoms with Crippen LogP contribution in [0.4, 0.5) is 22.0 Å². The number of halogens is 5. The number of hydrogen-bond donors (Lipinski definition) is 1. The van der Waals surface area contributed by atoms with E-state index in [0.717, 1.165) is 18.2 Å². The number of nitrogens with two attached hydrogens (primary N) is 1. The van der Waals surface area contributed by atoms with E-state index in [1.165, 1.54) is 12.1 Å². The second kappa shape index (κ2) is 5.20. The fourth-order valence-corrected chi connectivity index (χ4v) is 1.93. The van der Waals surface area contributed by atoms with Gasteiger partial charge in [-0.05, 0) is 41.5 Å². The molecule has 1 atom stereocenters. The highest BCUT2D eigenvalue weighted by molar-refractivity contribution is 5.39. The molecule has 1 unspecified atom stereocenters. The summed E-state index contributed by atoms with van der Waals surface area (Å²) in [6.45, 7) is 0. The molecule has 0 saturated carbocycles. The van der Waals surface area contributed by atoms with E-state index in [1.54, 1.807) is 0 Å². The number of alkyl halides is 3. The molecule has 0 heterocycles. The molecule has 106 valence electrons. The number of benzene rings is 2. The summed E-state index contributed by atoms with van der Waals surface area (Å²) in [4.78, 5) is 0. The van der Waals surface area contributed by atoms with E-state index < -0.39 is 35.0 Å². The molecule has 0 aliphatic heterocycles. The molecule has 6 heteroatoms. The van der Waals surface area contributed by atoms with Crippen molar-refractivity contribution >= 4 is 0 Å². The van der Waals surface area contributed by atoms with Crippen LogP contribution in [-0.2, 0) is 6.18 Å². The SMILES string of the molecule is NC(c1cccc(F)c1)c1cc(F)ccc1C(F)(F)F. The lowest BCUT2D eigenvalue weighted by atomic mass is 9.94. The van der Waals surface area contributed by atoms with Crippen LogP contribution in [0.15, 0.2) is 42.5 Å². The van der Waals surface area contributed by atoms with Crippen molar-refractivity contribution in [3.63, 3.8) is 0 Å². The predicted octanol–water partition coefficient (Wildman–Crippen LogP) is 4.03. The summed E-state index contributed by atoms with van der Waals surface area (Å²) in [5.74, 6) is -1.46. The third kappa shape index (κ3) is 2.96. The molecule has 0 aliphatic carbocycles. The Morgan fingerprint density at radius 2 is 1.55 bits per heavy atom. The molecule has 2 aromatic carbocycles. The second-order valence-electron chi connectivity index (χ2n) is 4.26. The van der Waals surface area contributed by atoms with Crippen LogP contribution in [0.5, 0.6) is 0 Å². The first kappa shape index (κ1) is 14.5. The van der Waals surface area contributed by atoms with Crippen LogP contribution in [0.2, 0.25) is 0 Å². The Morgan fingerprint density at radius 1 is 0.900 bits per heavy atom. The van der Waals surface area contributed by atoms with Gasteiger partial charge in [-0.3, -0.25) is 0 Å². The van der Waals surface area contributed by atoms with Gasteiger partial charge in [0.1, 0.15) is 11.6 Å². The van der Waals surface area contributed by atoms with Crippen LogP contribution in [0.3, 0.4) is 0 Å².